The molecule has 3 N–H and O–H groups in total. The molecule has 1 atom stereocenters. The van der Waals surface area contributed by atoms with E-state index in [2.05, 4.69) is 0 Å². The lowest BCUT2D eigenvalue weighted by atomic mass is 10.2. The lowest BCUT2D eigenvalue weighted by Gasteiger charge is -2.30. The van der Waals surface area contributed by atoms with E-state index in [-0.39, 0.29) is 0 Å². The summed E-state index contributed by atoms with van der Waals surface area (Å²) in [6.45, 7) is 0. The number of hydrogen-bond donors (Lipinski definition) is 3. The van der Waals surface area contributed by atoms with Crippen LogP contribution in [0.1, 0.15) is 12.8 Å². The van der Waals surface area contributed by atoms with E-state index in [1.807, 2.05) is 0 Å². The van der Waals surface area contributed by atoms with Gasteiger partial charge in [-0.25, -0.2) is 0 Å². The van der Waals surface area contributed by atoms with Crippen molar-refractivity contribution in [2.24, 2.45) is 0 Å². The SMILES string of the molecule is OC1CCCSC1(O)O. The Morgan fingerprint density at radius 1 is 1.44 bits per heavy atom. The topological polar surface area (TPSA) is 60.7 Å². The summed E-state index contributed by atoms with van der Waals surface area (Å²) < 4.78 is 0. The highest BCUT2D eigenvalue weighted by molar-refractivity contribution is 8.00. The molecule has 1 rings (SSSR count). The second-order valence-electron chi connectivity index (χ2n) is 2.17. The second-order valence-corrected chi connectivity index (χ2v) is 3.46. The van der Waals surface area contributed by atoms with Gasteiger partial charge in [0.2, 0.25) is 5.12 Å². The molecule has 1 aliphatic heterocycles. The standard InChI is InChI=1S/C5H10O3S/c6-4-2-1-3-9-5(4,7)8/h4,6-8H,1-3H2. The molecule has 1 heterocycles. The first-order valence-corrected chi connectivity index (χ1v) is 3.88. The van der Waals surface area contributed by atoms with Crippen molar-refractivity contribution in [2.45, 2.75) is 24.1 Å². The highest BCUT2D eigenvalue weighted by Gasteiger charge is 2.36. The molecule has 9 heavy (non-hydrogen) atoms. The molecule has 1 fully saturated rings. The van der Waals surface area contributed by atoms with E-state index in [1.54, 1.807) is 0 Å². The van der Waals surface area contributed by atoms with Gasteiger partial charge in [0.1, 0.15) is 6.10 Å². The van der Waals surface area contributed by atoms with Crippen LogP contribution in [0.2, 0.25) is 0 Å². The molecule has 0 spiro atoms. The number of aliphatic hydroxyl groups excluding tert-OH is 1. The van der Waals surface area contributed by atoms with Crippen LogP contribution in [0.15, 0.2) is 0 Å². The van der Waals surface area contributed by atoms with Gasteiger partial charge in [0.05, 0.1) is 0 Å². The minimum Gasteiger partial charge on any atom is -0.387 e. The third-order valence-electron chi connectivity index (χ3n) is 1.37. The maximum absolute atomic E-state index is 8.92. The Bertz CT molecular complexity index is 104. The summed E-state index contributed by atoms with van der Waals surface area (Å²) >= 11 is 0.990. The Morgan fingerprint density at radius 3 is 2.44 bits per heavy atom. The Labute approximate surface area is 57.7 Å². The molecule has 0 aliphatic carbocycles. The van der Waals surface area contributed by atoms with Crippen molar-refractivity contribution in [1.82, 2.24) is 0 Å². The summed E-state index contributed by atoms with van der Waals surface area (Å²) in [7, 11) is 0. The van der Waals surface area contributed by atoms with Gasteiger partial charge in [0, 0.05) is 0 Å². The van der Waals surface area contributed by atoms with Crippen LogP contribution in [0.3, 0.4) is 0 Å². The van der Waals surface area contributed by atoms with Gasteiger partial charge in [-0.15, -0.1) is 0 Å². The Balaban J connectivity index is 2.49. The zero-order valence-electron chi connectivity index (χ0n) is 4.95. The fraction of sp³-hybridized carbons (Fsp3) is 1.00. The van der Waals surface area contributed by atoms with E-state index < -0.39 is 11.2 Å². The summed E-state index contributed by atoms with van der Waals surface area (Å²) in [5.74, 6) is 0.712. The smallest absolute Gasteiger partial charge is 0.240 e. The molecule has 0 amide bonds. The van der Waals surface area contributed by atoms with Crippen LogP contribution in [0.4, 0.5) is 0 Å². The molecular formula is C5H10O3S. The first-order valence-electron chi connectivity index (χ1n) is 2.90. The Kier molecular flexibility index (Phi) is 2.00. The number of rotatable bonds is 0. The van der Waals surface area contributed by atoms with Gasteiger partial charge in [0.15, 0.2) is 0 Å². The largest absolute Gasteiger partial charge is 0.387 e. The lowest BCUT2D eigenvalue weighted by molar-refractivity contribution is -0.157. The first-order chi connectivity index (χ1) is 4.13. The highest BCUT2D eigenvalue weighted by Crippen LogP contribution is 2.31. The van der Waals surface area contributed by atoms with Crippen molar-refractivity contribution in [3.63, 3.8) is 0 Å². The van der Waals surface area contributed by atoms with Crippen LogP contribution < -0.4 is 0 Å². The Morgan fingerprint density at radius 2 is 2.11 bits per heavy atom. The average Bonchev–Trinajstić information content (AvgIpc) is 1.77. The van der Waals surface area contributed by atoms with Crippen molar-refractivity contribution < 1.29 is 15.3 Å². The van der Waals surface area contributed by atoms with Crippen molar-refractivity contribution >= 4 is 11.8 Å². The first kappa shape index (κ1) is 7.34. The normalized spacial score (nSPS) is 34.3. The van der Waals surface area contributed by atoms with Gasteiger partial charge in [0.25, 0.3) is 0 Å². The van der Waals surface area contributed by atoms with E-state index >= 15 is 0 Å². The van der Waals surface area contributed by atoms with Crippen LogP contribution in [-0.4, -0.2) is 32.3 Å². The van der Waals surface area contributed by atoms with Gasteiger partial charge >= 0.3 is 0 Å². The van der Waals surface area contributed by atoms with Crippen molar-refractivity contribution in [3.05, 3.63) is 0 Å². The summed E-state index contributed by atoms with van der Waals surface area (Å²) in [5, 5.41) is 24.8. The van der Waals surface area contributed by atoms with Crippen molar-refractivity contribution in [3.8, 4) is 0 Å². The maximum Gasteiger partial charge on any atom is 0.240 e. The van der Waals surface area contributed by atoms with Crippen LogP contribution in [0.5, 0.6) is 0 Å². The molecule has 0 aromatic heterocycles. The fourth-order valence-electron chi connectivity index (χ4n) is 0.783. The molecule has 0 bridgehead atoms. The van der Waals surface area contributed by atoms with E-state index in [4.69, 9.17) is 15.3 Å². The molecule has 54 valence electrons. The lowest BCUT2D eigenvalue weighted by Crippen LogP contribution is -2.41. The van der Waals surface area contributed by atoms with Crippen LogP contribution >= 0.6 is 11.8 Å². The predicted octanol–water partition coefficient (Wildman–Crippen LogP) is -0.487. The summed E-state index contributed by atoms with van der Waals surface area (Å²) in [6.07, 6.45) is 0.366. The predicted molar refractivity (Wildman–Crippen MR) is 34.9 cm³/mol. The molecule has 0 saturated carbocycles. The zero-order valence-corrected chi connectivity index (χ0v) is 5.77. The summed E-state index contributed by atoms with van der Waals surface area (Å²) in [5.41, 5.74) is 0. The fourth-order valence-corrected chi connectivity index (χ4v) is 1.70. The average molecular weight is 150 g/mol. The Hall–Kier alpha value is 0.230. The van der Waals surface area contributed by atoms with E-state index in [0.717, 1.165) is 18.2 Å². The number of aliphatic hydroxyl groups is 3. The van der Waals surface area contributed by atoms with Crippen molar-refractivity contribution in [1.29, 1.82) is 0 Å². The molecule has 0 aromatic carbocycles. The van der Waals surface area contributed by atoms with E-state index in [9.17, 15) is 0 Å². The second kappa shape index (κ2) is 2.46. The molecule has 1 saturated heterocycles. The van der Waals surface area contributed by atoms with Crippen LogP contribution in [-0.2, 0) is 0 Å². The molecular weight excluding hydrogens is 140 g/mol. The van der Waals surface area contributed by atoms with Crippen molar-refractivity contribution in [2.75, 3.05) is 5.75 Å². The summed E-state index contributed by atoms with van der Waals surface area (Å²) in [4.78, 5) is 0. The van der Waals surface area contributed by atoms with Crippen LogP contribution in [0, 0.1) is 0 Å². The van der Waals surface area contributed by atoms with Crippen LogP contribution in [0.25, 0.3) is 0 Å². The van der Waals surface area contributed by atoms with E-state index in [1.165, 1.54) is 0 Å². The molecule has 1 unspecified atom stereocenters. The highest BCUT2D eigenvalue weighted by atomic mass is 32.2. The molecule has 3 nitrogen and oxygen atoms in total. The quantitative estimate of drug-likeness (QED) is 0.408. The van der Waals surface area contributed by atoms with Gasteiger partial charge < -0.3 is 15.3 Å². The van der Waals surface area contributed by atoms with Gasteiger partial charge in [-0.2, -0.15) is 0 Å². The molecule has 0 aromatic rings. The minimum atomic E-state index is -1.89. The monoisotopic (exact) mass is 150 g/mol. The third-order valence-corrected chi connectivity index (χ3v) is 2.56. The van der Waals surface area contributed by atoms with Gasteiger partial charge in [-0.3, -0.25) is 0 Å². The number of thioether (sulfide) groups is 1. The molecule has 1 aliphatic rings. The van der Waals surface area contributed by atoms with E-state index in [0.29, 0.717) is 12.2 Å². The number of hydrogen-bond acceptors (Lipinski definition) is 4. The summed E-state index contributed by atoms with van der Waals surface area (Å²) in [6, 6.07) is 0. The maximum atomic E-state index is 8.92. The molecule has 4 heteroatoms. The molecule has 0 radical (unpaired) electrons. The zero-order chi connectivity index (χ0) is 6.91. The van der Waals surface area contributed by atoms with Gasteiger partial charge in [-0.05, 0) is 18.6 Å². The van der Waals surface area contributed by atoms with Gasteiger partial charge in [-0.1, -0.05) is 11.8 Å². The minimum absolute atomic E-state index is 0.486. The third kappa shape index (κ3) is 1.58.